The topological polar surface area (TPSA) is 51.2 Å². The number of pyridine rings is 1. The number of nitrogens with zero attached hydrogens (tertiary/aromatic N) is 1. The van der Waals surface area contributed by atoms with Gasteiger partial charge < -0.3 is 10.1 Å². The monoisotopic (exact) mass is 388 g/mol. The Hall–Kier alpha value is -1.88. The van der Waals surface area contributed by atoms with Crippen LogP contribution in [0.1, 0.15) is 36.8 Å². The third-order valence-electron chi connectivity index (χ3n) is 4.75. The molecule has 5 heteroatoms. The van der Waals surface area contributed by atoms with Crippen LogP contribution in [-0.4, -0.2) is 18.0 Å². The summed E-state index contributed by atoms with van der Waals surface area (Å²) in [5.74, 6) is 0.686. The van der Waals surface area contributed by atoms with Crippen molar-refractivity contribution in [2.24, 2.45) is 0 Å². The second-order valence-electron chi connectivity index (χ2n) is 6.19. The summed E-state index contributed by atoms with van der Waals surface area (Å²) in [5.41, 5.74) is 1.67. The Morgan fingerprint density at radius 3 is 2.50 bits per heavy atom. The van der Waals surface area contributed by atoms with E-state index in [0.717, 1.165) is 41.3 Å². The van der Waals surface area contributed by atoms with Crippen LogP contribution in [0.5, 0.6) is 5.88 Å². The van der Waals surface area contributed by atoms with Crippen molar-refractivity contribution in [3.63, 3.8) is 0 Å². The number of carbonyl (C=O) groups excluding carboxylic acids is 1. The summed E-state index contributed by atoms with van der Waals surface area (Å²) in [6.45, 7) is 0.480. The molecule has 0 saturated heterocycles. The van der Waals surface area contributed by atoms with Gasteiger partial charge in [-0.05, 0) is 36.1 Å². The number of hydrogen-bond acceptors (Lipinski definition) is 3. The van der Waals surface area contributed by atoms with Crippen LogP contribution >= 0.6 is 15.9 Å². The summed E-state index contributed by atoms with van der Waals surface area (Å²) in [4.78, 5) is 17.2. The molecule has 1 aromatic carbocycles. The van der Waals surface area contributed by atoms with Crippen LogP contribution in [0.15, 0.2) is 47.1 Å². The highest BCUT2D eigenvalue weighted by Crippen LogP contribution is 2.41. The highest BCUT2D eigenvalue weighted by molar-refractivity contribution is 9.10. The van der Waals surface area contributed by atoms with E-state index in [4.69, 9.17) is 4.74 Å². The largest absolute Gasteiger partial charge is 0.481 e. The van der Waals surface area contributed by atoms with E-state index in [1.54, 1.807) is 13.3 Å². The highest BCUT2D eigenvalue weighted by atomic mass is 79.9. The molecule has 1 fully saturated rings. The van der Waals surface area contributed by atoms with Gasteiger partial charge in [0.1, 0.15) is 0 Å². The van der Waals surface area contributed by atoms with Gasteiger partial charge in [-0.3, -0.25) is 4.79 Å². The van der Waals surface area contributed by atoms with E-state index in [9.17, 15) is 4.79 Å². The third-order valence-corrected chi connectivity index (χ3v) is 5.28. The lowest BCUT2D eigenvalue weighted by molar-refractivity contribution is -0.126. The smallest absolute Gasteiger partial charge is 0.230 e. The van der Waals surface area contributed by atoms with Crippen LogP contribution in [-0.2, 0) is 16.8 Å². The van der Waals surface area contributed by atoms with Crippen molar-refractivity contribution in [3.8, 4) is 5.88 Å². The first-order chi connectivity index (χ1) is 11.6. The Morgan fingerprint density at radius 1 is 1.21 bits per heavy atom. The SMILES string of the molecule is COc1ccc(CNC(=O)C2(c3ccc(Br)cc3)CCCC2)cn1. The standard InChI is InChI=1S/C19H21BrN2O2/c1-24-17-9-4-14(12-21-17)13-22-18(23)19(10-2-3-11-19)15-5-7-16(20)8-6-15/h4-9,12H,2-3,10-11,13H2,1H3,(H,22,23). The van der Waals surface area contributed by atoms with Crippen LogP contribution in [0.2, 0.25) is 0 Å². The number of hydrogen-bond donors (Lipinski definition) is 1. The molecular weight excluding hydrogens is 368 g/mol. The Morgan fingerprint density at radius 2 is 1.92 bits per heavy atom. The number of amides is 1. The average molecular weight is 389 g/mol. The summed E-state index contributed by atoms with van der Waals surface area (Å²) in [6.07, 6.45) is 5.73. The van der Waals surface area contributed by atoms with Gasteiger partial charge >= 0.3 is 0 Å². The van der Waals surface area contributed by atoms with Gasteiger partial charge in [-0.2, -0.15) is 0 Å². The molecule has 0 atom stereocenters. The number of carbonyl (C=O) groups is 1. The van der Waals surface area contributed by atoms with Crippen LogP contribution in [0.3, 0.4) is 0 Å². The molecule has 1 heterocycles. The van der Waals surface area contributed by atoms with Crippen LogP contribution in [0, 0.1) is 0 Å². The molecule has 0 unspecified atom stereocenters. The molecule has 126 valence electrons. The Labute approximate surface area is 150 Å². The fourth-order valence-electron chi connectivity index (χ4n) is 3.38. The van der Waals surface area contributed by atoms with Crippen molar-refractivity contribution >= 4 is 21.8 Å². The average Bonchev–Trinajstić information content (AvgIpc) is 3.12. The number of halogens is 1. The number of ether oxygens (including phenoxy) is 1. The van der Waals surface area contributed by atoms with Gasteiger partial charge in [0.25, 0.3) is 0 Å². The van der Waals surface area contributed by atoms with Crippen molar-refractivity contribution in [1.29, 1.82) is 0 Å². The molecule has 0 spiro atoms. The summed E-state index contributed by atoms with van der Waals surface area (Å²) >= 11 is 3.46. The van der Waals surface area contributed by atoms with Crippen molar-refractivity contribution in [3.05, 3.63) is 58.2 Å². The second-order valence-corrected chi connectivity index (χ2v) is 7.10. The molecule has 0 bridgehead atoms. The number of nitrogens with one attached hydrogen (secondary N) is 1. The van der Waals surface area contributed by atoms with Gasteiger partial charge in [0.15, 0.2) is 0 Å². The molecule has 0 aliphatic heterocycles. The molecule has 1 aliphatic rings. The fourth-order valence-corrected chi connectivity index (χ4v) is 3.65. The zero-order chi connectivity index (χ0) is 17.0. The maximum absolute atomic E-state index is 13.0. The zero-order valence-corrected chi connectivity index (χ0v) is 15.3. The molecule has 1 aromatic heterocycles. The van der Waals surface area contributed by atoms with Crippen molar-refractivity contribution < 1.29 is 9.53 Å². The summed E-state index contributed by atoms with van der Waals surface area (Å²) < 4.78 is 6.09. The number of rotatable bonds is 5. The molecule has 0 radical (unpaired) electrons. The van der Waals surface area contributed by atoms with Gasteiger partial charge in [0.05, 0.1) is 12.5 Å². The van der Waals surface area contributed by atoms with E-state index in [1.807, 2.05) is 24.3 Å². The van der Waals surface area contributed by atoms with E-state index < -0.39 is 5.41 Å². The number of aromatic nitrogens is 1. The molecule has 4 nitrogen and oxygen atoms in total. The first-order valence-corrected chi connectivity index (χ1v) is 8.97. The summed E-state index contributed by atoms with van der Waals surface area (Å²) in [7, 11) is 1.59. The minimum Gasteiger partial charge on any atom is -0.481 e. The minimum atomic E-state index is -0.402. The van der Waals surface area contributed by atoms with Gasteiger partial charge in [0, 0.05) is 23.3 Å². The second kappa shape index (κ2) is 7.34. The Balaban J connectivity index is 1.73. The quantitative estimate of drug-likeness (QED) is 0.842. The molecule has 1 N–H and O–H groups in total. The van der Waals surface area contributed by atoms with Crippen molar-refractivity contribution in [1.82, 2.24) is 10.3 Å². The Kier molecular flexibility index (Phi) is 5.19. The normalized spacial score (nSPS) is 15.9. The number of benzene rings is 1. The Bertz CT molecular complexity index is 692. The molecule has 2 aromatic rings. The minimum absolute atomic E-state index is 0.109. The molecule has 1 saturated carbocycles. The maximum Gasteiger partial charge on any atom is 0.230 e. The van der Waals surface area contributed by atoms with Gasteiger partial charge in [-0.25, -0.2) is 4.98 Å². The van der Waals surface area contributed by atoms with Gasteiger partial charge in [0.2, 0.25) is 11.8 Å². The summed E-state index contributed by atoms with van der Waals surface area (Å²) in [6, 6.07) is 11.9. The zero-order valence-electron chi connectivity index (χ0n) is 13.7. The lowest BCUT2D eigenvalue weighted by Gasteiger charge is -2.28. The van der Waals surface area contributed by atoms with Gasteiger partial charge in [-0.1, -0.05) is 47.0 Å². The lowest BCUT2D eigenvalue weighted by Crippen LogP contribution is -2.42. The van der Waals surface area contributed by atoms with Crippen LogP contribution < -0.4 is 10.1 Å². The first-order valence-electron chi connectivity index (χ1n) is 8.17. The van der Waals surface area contributed by atoms with Crippen molar-refractivity contribution in [2.45, 2.75) is 37.6 Å². The van der Waals surface area contributed by atoms with E-state index in [2.05, 4.69) is 38.4 Å². The molecule has 24 heavy (non-hydrogen) atoms. The van der Waals surface area contributed by atoms with E-state index >= 15 is 0 Å². The van der Waals surface area contributed by atoms with Gasteiger partial charge in [-0.15, -0.1) is 0 Å². The summed E-state index contributed by atoms with van der Waals surface area (Å²) in [5, 5.41) is 3.10. The third kappa shape index (κ3) is 3.46. The fraction of sp³-hybridized carbons (Fsp3) is 0.368. The highest BCUT2D eigenvalue weighted by Gasteiger charge is 2.42. The van der Waals surface area contributed by atoms with E-state index in [1.165, 1.54) is 0 Å². The molecule has 1 aliphatic carbocycles. The molecule has 3 rings (SSSR count). The van der Waals surface area contributed by atoms with Crippen molar-refractivity contribution in [2.75, 3.05) is 7.11 Å². The van der Waals surface area contributed by atoms with E-state index in [0.29, 0.717) is 12.4 Å². The van der Waals surface area contributed by atoms with Crippen LogP contribution in [0.4, 0.5) is 0 Å². The predicted molar refractivity (Wildman–Crippen MR) is 96.9 cm³/mol. The first kappa shape index (κ1) is 17.0. The predicted octanol–water partition coefficient (Wildman–Crippen LogP) is 3.98. The van der Waals surface area contributed by atoms with Crippen LogP contribution in [0.25, 0.3) is 0 Å². The molecular formula is C19H21BrN2O2. The number of methoxy groups -OCH3 is 1. The maximum atomic E-state index is 13.0. The molecule has 1 amide bonds. The lowest BCUT2D eigenvalue weighted by atomic mass is 9.78. The van der Waals surface area contributed by atoms with E-state index in [-0.39, 0.29) is 5.91 Å².